The van der Waals surface area contributed by atoms with Crippen LogP contribution >= 0.6 is 0 Å². The molecule has 0 unspecified atom stereocenters. The van der Waals surface area contributed by atoms with E-state index in [1.807, 2.05) is 31.2 Å². The Bertz CT molecular complexity index is 675. The minimum Gasteiger partial charge on any atom is -0.248 e. The summed E-state index contributed by atoms with van der Waals surface area (Å²) in [6.07, 6.45) is 9.29. The first-order chi connectivity index (χ1) is 9.76. The van der Waals surface area contributed by atoms with Gasteiger partial charge in [0, 0.05) is 5.39 Å². The Labute approximate surface area is 121 Å². The van der Waals surface area contributed by atoms with Crippen LogP contribution in [0.1, 0.15) is 32.9 Å². The number of allylic oxidation sites excluding steroid dienone is 6. The van der Waals surface area contributed by atoms with Gasteiger partial charge in [0.2, 0.25) is 0 Å². The van der Waals surface area contributed by atoms with Crippen molar-refractivity contribution in [3.8, 4) is 0 Å². The predicted octanol–water partition coefficient (Wildman–Crippen LogP) is 5.55. The summed E-state index contributed by atoms with van der Waals surface area (Å²) < 4.78 is 0. The Morgan fingerprint density at radius 2 is 1.90 bits per heavy atom. The summed E-state index contributed by atoms with van der Waals surface area (Å²) >= 11 is 0. The molecule has 0 radical (unpaired) electrons. The van der Waals surface area contributed by atoms with Gasteiger partial charge in [-0.05, 0) is 43.5 Å². The molecule has 0 aliphatic carbocycles. The van der Waals surface area contributed by atoms with Crippen LogP contribution in [0.2, 0.25) is 0 Å². The summed E-state index contributed by atoms with van der Waals surface area (Å²) in [5.41, 5.74) is 4.71. The SMILES string of the molecule is C\C=C/C=C\C(C)=C(\CC)c1ccc2ccccc2n1. The third kappa shape index (κ3) is 3.24. The number of nitrogens with zero attached hydrogens (tertiary/aromatic N) is 1. The molecule has 0 amide bonds. The number of hydrogen-bond donors (Lipinski definition) is 0. The van der Waals surface area contributed by atoms with E-state index >= 15 is 0 Å². The van der Waals surface area contributed by atoms with E-state index in [-0.39, 0.29) is 0 Å². The molecule has 20 heavy (non-hydrogen) atoms. The van der Waals surface area contributed by atoms with Crippen molar-refractivity contribution >= 4 is 16.5 Å². The molecule has 0 N–H and O–H groups in total. The largest absolute Gasteiger partial charge is 0.248 e. The van der Waals surface area contributed by atoms with E-state index in [0.717, 1.165) is 17.6 Å². The van der Waals surface area contributed by atoms with Gasteiger partial charge in [-0.3, -0.25) is 0 Å². The van der Waals surface area contributed by atoms with Gasteiger partial charge in [-0.2, -0.15) is 0 Å². The number of fused-ring (bicyclic) bond motifs is 1. The fourth-order valence-corrected chi connectivity index (χ4v) is 2.31. The molecule has 0 spiro atoms. The van der Waals surface area contributed by atoms with E-state index in [2.05, 4.69) is 50.3 Å². The van der Waals surface area contributed by atoms with Crippen LogP contribution in [0.4, 0.5) is 0 Å². The highest BCUT2D eigenvalue weighted by Gasteiger charge is 2.05. The Morgan fingerprint density at radius 3 is 2.65 bits per heavy atom. The first-order valence-corrected chi connectivity index (χ1v) is 7.11. The zero-order valence-electron chi connectivity index (χ0n) is 12.4. The Balaban J connectivity index is 2.45. The fraction of sp³-hybridized carbons (Fsp3) is 0.211. The fourth-order valence-electron chi connectivity index (χ4n) is 2.31. The lowest BCUT2D eigenvalue weighted by atomic mass is 10.0. The molecule has 0 atom stereocenters. The molecule has 1 nitrogen and oxygen atoms in total. The topological polar surface area (TPSA) is 12.9 Å². The molecule has 1 heteroatoms. The van der Waals surface area contributed by atoms with E-state index in [1.54, 1.807) is 0 Å². The highest BCUT2D eigenvalue weighted by molar-refractivity contribution is 5.81. The van der Waals surface area contributed by atoms with Crippen LogP contribution < -0.4 is 0 Å². The van der Waals surface area contributed by atoms with Gasteiger partial charge in [-0.1, -0.05) is 55.5 Å². The highest BCUT2D eigenvalue weighted by atomic mass is 14.7. The van der Waals surface area contributed by atoms with Crippen molar-refractivity contribution in [3.05, 3.63) is 72.0 Å². The standard InChI is InChI=1S/C19H21N/c1-4-6-7-10-15(3)17(5-2)19-14-13-16-11-8-9-12-18(16)20-19/h4,6-14H,5H2,1-3H3/b6-4-,10-7-,17-15-. The van der Waals surface area contributed by atoms with Crippen molar-refractivity contribution < 1.29 is 0 Å². The first kappa shape index (κ1) is 14.3. The molecule has 1 heterocycles. The normalized spacial score (nSPS) is 13.3. The average Bonchev–Trinajstić information content (AvgIpc) is 2.48. The number of aromatic nitrogens is 1. The molecule has 0 saturated heterocycles. The number of benzene rings is 1. The van der Waals surface area contributed by atoms with E-state index < -0.39 is 0 Å². The lowest BCUT2D eigenvalue weighted by Crippen LogP contribution is -1.92. The van der Waals surface area contributed by atoms with Gasteiger partial charge in [-0.25, -0.2) is 4.98 Å². The van der Waals surface area contributed by atoms with Crippen molar-refractivity contribution in [2.24, 2.45) is 0 Å². The molecule has 102 valence electrons. The molecule has 0 saturated carbocycles. The molecule has 0 fully saturated rings. The van der Waals surface area contributed by atoms with Gasteiger partial charge in [0.15, 0.2) is 0 Å². The zero-order valence-corrected chi connectivity index (χ0v) is 12.4. The van der Waals surface area contributed by atoms with Gasteiger partial charge >= 0.3 is 0 Å². The minimum atomic E-state index is 0.983. The number of rotatable bonds is 4. The second kappa shape index (κ2) is 6.85. The second-order valence-corrected chi connectivity index (χ2v) is 4.79. The molecular formula is C19H21N. The van der Waals surface area contributed by atoms with Crippen molar-refractivity contribution in [1.82, 2.24) is 4.98 Å². The maximum atomic E-state index is 4.79. The van der Waals surface area contributed by atoms with Crippen LogP contribution in [0.5, 0.6) is 0 Å². The van der Waals surface area contributed by atoms with Crippen molar-refractivity contribution in [3.63, 3.8) is 0 Å². The Morgan fingerprint density at radius 1 is 1.10 bits per heavy atom. The van der Waals surface area contributed by atoms with Gasteiger partial charge in [0.25, 0.3) is 0 Å². The maximum Gasteiger partial charge on any atom is 0.0709 e. The van der Waals surface area contributed by atoms with Crippen LogP contribution in [0, 0.1) is 0 Å². The summed E-state index contributed by atoms with van der Waals surface area (Å²) in [6.45, 7) is 6.35. The van der Waals surface area contributed by atoms with Crippen LogP contribution in [0.25, 0.3) is 16.5 Å². The van der Waals surface area contributed by atoms with Crippen LogP contribution in [0.3, 0.4) is 0 Å². The maximum absolute atomic E-state index is 4.79. The summed E-state index contributed by atoms with van der Waals surface area (Å²) in [7, 11) is 0. The van der Waals surface area contributed by atoms with E-state index in [0.29, 0.717) is 0 Å². The Hall–Kier alpha value is -2.15. The summed E-state index contributed by atoms with van der Waals surface area (Å²) in [4.78, 5) is 4.79. The quantitative estimate of drug-likeness (QED) is 0.659. The summed E-state index contributed by atoms with van der Waals surface area (Å²) in [6, 6.07) is 12.5. The minimum absolute atomic E-state index is 0.983. The first-order valence-electron chi connectivity index (χ1n) is 7.11. The van der Waals surface area contributed by atoms with Crippen LogP contribution in [0.15, 0.2) is 66.3 Å². The predicted molar refractivity (Wildman–Crippen MR) is 88.6 cm³/mol. The molecule has 0 aliphatic rings. The number of para-hydroxylation sites is 1. The van der Waals surface area contributed by atoms with Gasteiger partial charge in [0.1, 0.15) is 0 Å². The molecule has 1 aromatic carbocycles. The third-order valence-corrected chi connectivity index (χ3v) is 3.39. The molecule has 1 aromatic heterocycles. The third-order valence-electron chi connectivity index (χ3n) is 3.39. The molecule has 0 aliphatic heterocycles. The molecule has 0 bridgehead atoms. The molecule has 2 rings (SSSR count). The van der Waals surface area contributed by atoms with E-state index in [9.17, 15) is 0 Å². The average molecular weight is 263 g/mol. The zero-order chi connectivity index (χ0) is 14.4. The lowest BCUT2D eigenvalue weighted by molar-refractivity contribution is 1.18. The molecular weight excluding hydrogens is 242 g/mol. The number of pyridine rings is 1. The molecule has 2 aromatic rings. The number of hydrogen-bond acceptors (Lipinski definition) is 1. The second-order valence-electron chi connectivity index (χ2n) is 4.79. The van der Waals surface area contributed by atoms with Gasteiger partial charge in [-0.15, -0.1) is 0 Å². The van der Waals surface area contributed by atoms with Crippen LogP contribution in [-0.4, -0.2) is 4.98 Å². The van der Waals surface area contributed by atoms with Crippen molar-refractivity contribution in [1.29, 1.82) is 0 Å². The van der Waals surface area contributed by atoms with Gasteiger partial charge < -0.3 is 0 Å². The van der Waals surface area contributed by atoms with Crippen LogP contribution in [-0.2, 0) is 0 Å². The summed E-state index contributed by atoms with van der Waals surface area (Å²) in [5.74, 6) is 0. The lowest BCUT2D eigenvalue weighted by Gasteiger charge is -2.08. The highest BCUT2D eigenvalue weighted by Crippen LogP contribution is 2.23. The van der Waals surface area contributed by atoms with E-state index in [1.165, 1.54) is 16.5 Å². The summed E-state index contributed by atoms with van der Waals surface area (Å²) in [5, 5.41) is 1.19. The van der Waals surface area contributed by atoms with Crippen molar-refractivity contribution in [2.75, 3.05) is 0 Å². The Kier molecular flexibility index (Phi) is 4.89. The monoisotopic (exact) mass is 263 g/mol. The van der Waals surface area contributed by atoms with E-state index in [4.69, 9.17) is 4.98 Å². The smallest absolute Gasteiger partial charge is 0.0709 e. The van der Waals surface area contributed by atoms with Gasteiger partial charge in [0.05, 0.1) is 11.2 Å². The van der Waals surface area contributed by atoms with Crippen molar-refractivity contribution in [2.45, 2.75) is 27.2 Å².